The number of imidazole rings is 1. The zero-order valence-corrected chi connectivity index (χ0v) is 17.3. The van der Waals surface area contributed by atoms with Gasteiger partial charge in [0.1, 0.15) is 5.52 Å². The fraction of sp³-hybridized carbons (Fsp3) is 0.267. The van der Waals surface area contributed by atoms with Gasteiger partial charge in [0.25, 0.3) is 0 Å². The van der Waals surface area contributed by atoms with Crippen molar-refractivity contribution in [2.75, 3.05) is 11.5 Å². The van der Waals surface area contributed by atoms with Crippen molar-refractivity contribution in [3.05, 3.63) is 42.2 Å². The van der Waals surface area contributed by atoms with Crippen molar-refractivity contribution >= 4 is 30.5 Å². The standard InChI is InChI=1S/C15H19N6O3P.Na/c16-13-12-14(20-15(17)19-13)21(9-18-12)8-4-7-11(25(22,23)24)10-5-2-1-3-6-10;/h1-3,5-6,9,11H,4,7-8H2,(H2,22,23,24)(H4,16,17,19,20);/q;+1. The number of aryl methyl sites for hydroxylation is 1. The van der Waals surface area contributed by atoms with Gasteiger partial charge in [-0.1, -0.05) is 30.3 Å². The third-order valence-corrected chi connectivity index (χ3v) is 5.34. The van der Waals surface area contributed by atoms with Crippen LogP contribution < -0.4 is 41.0 Å². The van der Waals surface area contributed by atoms with Crippen LogP contribution in [0, 0.1) is 0 Å². The van der Waals surface area contributed by atoms with Gasteiger partial charge >= 0.3 is 37.2 Å². The summed E-state index contributed by atoms with van der Waals surface area (Å²) in [6.45, 7) is 0.482. The predicted molar refractivity (Wildman–Crippen MR) is 94.6 cm³/mol. The molecule has 6 N–H and O–H groups in total. The molecule has 0 radical (unpaired) electrons. The Labute approximate surface area is 172 Å². The molecule has 0 spiro atoms. The van der Waals surface area contributed by atoms with Crippen LogP contribution in [0.4, 0.5) is 11.8 Å². The van der Waals surface area contributed by atoms with Crippen LogP contribution in [0.25, 0.3) is 11.2 Å². The molecule has 1 atom stereocenters. The molecule has 1 aromatic carbocycles. The topological polar surface area (TPSA) is 153 Å². The second-order valence-electron chi connectivity index (χ2n) is 5.74. The number of benzene rings is 1. The summed E-state index contributed by atoms with van der Waals surface area (Å²) in [6.07, 6.45) is 2.42. The smallest absolute Gasteiger partial charge is 0.382 e. The molecule has 0 aliphatic carbocycles. The number of fused-ring (bicyclic) bond motifs is 1. The molecular weight excluding hydrogens is 366 g/mol. The van der Waals surface area contributed by atoms with Gasteiger partial charge < -0.3 is 25.8 Å². The Morgan fingerprint density at radius 1 is 1.15 bits per heavy atom. The Hall–Kier alpha value is -1.48. The van der Waals surface area contributed by atoms with Crippen molar-refractivity contribution in [1.82, 2.24) is 19.5 Å². The minimum Gasteiger partial charge on any atom is -0.382 e. The van der Waals surface area contributed by atoms with E-state index in [2.05, 4.69) is 15.0 Å². The maximum Gasteiger partial charge on any atom is 1.00 e. The monoisotopic (exact) mass is 385 g/mol. The van der Waals surface area contributed by atoms with Crippen LogP contribution in [0.15, 0.2) is 36.7 Å². The van der Waals surface area contributed by atoms with Gasteiger partial charge in [-0.05, 0) is 18.4 Å². The zero-order valence-electron chi connectivity index (χ0n) is 14.4. The summed E-state index contributed by atoms with van der Waals surface area (Å²) in [5.41, 5.74) is 12.1. The van der Waals surface area contributed by atoms with Gasteiger partial charge in [-0.15, -0.1) is 0 Å². The van der Waals surface area contributed by atoms with E-state index in [1.165, 1.54) is 0 Å². The SMILES string of the molecule is Nc1nc(N)c2ncn(CCCC(c3ccccc3)P(=O)(O)O)c2n1.[Na+]. The first kappa shape index (κ1) is 20.8. The molecule has 0 amide bonds. The summed E-state index contributed by atoms with van der Waals surface area (Å²) in [4.78, 5) is 31.5. The average molecular weight is 385 g/mol. The number of rotatable bonds is 6. The molecule has 0 fully saturated rings. The van der Waals surface area contributed by atoms with Gasteiger partial charge in [0.2, 0.25) is 5.95 Å². The fourth-order valence-electron chi connectivity index (χ4n) is 2.81. The van der Waals surface area contributed by atoms with Gasteiger partial charge in [-0.3, -0.25) is 4.57 Å². The van der Waals surface area contributed by atoms with Crippen LogP contribution in [0.5, 0.6) is 0 Å². The van der Waals surface area contributed by atoms with Crippen LogP contribution >= 0.6 is 7.60 Å². The molecule has 0 aliphatic rings. The van der Waals surface area contributed by atoms with Crippen molar-refractivity contribution in [2.24, 2.45) is 0 Å². The van der Waals surface area contributed by atoms with E-state index in [4.69, 9.17) is 11.5 Å². The van der Waals surface area contributed by atoms with E-state index in [0.717, 1.165) is 0 Å². The summed E-state index contributed by atoms with van der Waals surface area (Å²) in [5.74, 6) is 0.266. The molecule has 1 unspecified atom stereocenters. The summed E-state index contributed by atoms with van der Waals surface area (Å²) in [5, 5.41) is 0. The van der Waals surface area contributed by atoms with Crippen LogP contribution in [0.1, 0.15) is 24.1 Å². The maximum atomic E-state index is 11.8. The van der Waals surface area contributed by atoms with Crippen LogP contribution in [-0.4, -0.2) is 29.3 Å². The van der Waals surface area contributed by atoms with Crippen molar-refractivity contribution in [3.63, 3.8) is 0 Å². The van der Waals surface area contributed by atoms with Gasteiger partial charge in [-0.25, -0.2) is 4.98 Å². The number of nitrogens with two attached hydrogens (primary N) is 2. The Balaban J connectivity index is 0.00000243. The second-order valence-corrected chi connectivity index (χ2v) is 7.54. The average Bonchev–Trinajstić information content (AvgIpc) is 2.94. The second kappa shape index (κ2) is 8.47. The van der Waals surface area contributed by atoms with E-state index in [-0.39, 0.29) is 41.3 Å². The first-order chi connectivity index (χ1) is 11.9. The van der Waals surface area contributed by atoms with Crippen LogP contribution in [-0.2, 0) is 11.1 Å². The van der Waals surface area contributed by atoms with Gasteiger partial charge in [0.15, 0.2) is 11.5 Å². The zero-order chi connectivity index (χ0) is 18.0. The van der Waals surface area contributed by atoms with Crippen molar-refractivity contribution in [2.45, 2.75) is 25.0 Å². The molecule has 3 rings (SSSR count). The van der Waals surface area contributed by atoms with Crippen molar-refractivity contribution in [1.29, 1.82) is 0 Å². The number of nitrogen functional groups attached to an aromatic ring is 2. The normalized spacial score (nSPS) is 12.7. The van der Waals surface area contributed by atoms with E-state index in [1.807, 2.05) is 6.07 Å². The van der Waals surface area contributed by atoms with Crippen LogP contribution in [0.2, 0.25) is 0 Å². The first-order valence-corrected chi connectivity index (χ1v) is 9.38. The number of hydrogen-bond donors (Lipinski definition) is 4. The summed E-state index contributed by atoms with van der Waals surface area (Å²) in [6, 6.07) is 8.80. The predicted octanol–water partition coefficient (Wildman–Crippen LogP) is -1.31. The number of nitrogens with zero attached hydrogens (tertiary/aromatic N) is 4. The molecule has 11 heteroatoms. The quantitative estimate of drug-likeness (QED) is 0.301. The third-order valence-electron chi connectivity index (χ3n) is 3.98. The number of aromatic nitrogens is 4. The number of hydrogen-bond acceptors (Lipinski definition) is 6. The van der Waals surface area contributed by atoms with E-state index >= 15 is 0 Å². The van der Waals surface area contributed by atoms with Crippen LogP contribution in [0.3, 0.4) is 0 Å². The molecule has 26 heavy (non-hydrogen) atoms. The first-order valence-electron chi connectivity index (χ1n) is 7.70. The summed E-state index contributed by atoms with van der Waals surface area (Å²) in [7, 11) is -4.26. The minimum absolute atomic E-state index is 0. The molecule has 2 aromatic heterocycles. The molecule has 3 aromatic rings. The molecule has 0 saturated heterocycles. The van der Waals surface area contributed by atoms with Gasteiger partial charge in [0.05, 0.1) is 12.0 Å². The largest absolute Gasteiger partial charge is 1.00 e. The van der Waals surface area contributed by atoms with Gasteiger partial charge in [0, 0.05) is 6.54 Å². The fourth-order valence-corrected chi connectivity index (χ4v) is 3.89. The Morgan fingerprint density at radius 2 is 1.85 bits per heavy atom. The van der Waals surface area contributed by atoms with E-state index in [0.29, 0.717) is 36.1 Å². The molecule has 0 saturated carbocycles. The molecule has 2 heterocycles. The Morgan fingerprint density at radius 3 is 2.50 bits per heavy atom. The summed E-state index contributed by atoms with van der Waals surface area (Å²) < 4.78 is 13.6. The Kier molecular flexibility index (Phi) is 6.79. The molecule has 9 nitrogen and oxygen atoms in total. The maximum absolute atomic E-state index is 11.8. The summed E-state index contributed by atoms with van der Waals surface area (Å²) >= 11 is 0. The Bertz CT molecular complexity index is 930. The van der Waals surface area contributed by atoms with Crippen molar-refractivity contribution in [3.8, 4) is 0 Å². The molecule has 0 aliphatic heterocycles. The van der Waals surface area contributed by atoms with Crippen molar-refractivity contribution < 1.29 is 43.9 Å². The number of anilines is 2. The third kappa shape index (κ3) is 4.62. The van der Waals surface area contributed by atoms with E-state index in [9.17, 15) is 14.4 Å². The molecule has 0 bridgehead atoms. The van der Waals surface area contributed by atoms with E-state index < -0.39 is 13.3 Å². The minimum atomic E-state index is -4.26. The molecule has 132 valence electrons. The molecular formula is C15H19N6NaO3P+. The van der Waals surface area contributed by atoms with E-state index in [1.54, 1.807) is 35.2 Å². The van der Waals surface area contributed by atoms with Gasteiger partial charge in [-0.2, -0.15) is 9.97 Å².